The van der Waals surface area contributed by atoms with Gasteiger partial charge in [0.15, 0.2) is 0 Å². The van der Waals surface area contributed by atoms with Gasteiger partial charge in [0, 0.05) is 6.54 Å². The van der Waals surface area contributed by atoms with Crippen LogP contribution in [0.2, 0.25) is 0 Å². The number of rotatable bonds is 2. The molecule has 0 aliphatic heterocycles. The third-order valence-electron chi connectivity index (χ3n) is 0.444. The van der Waals surface area contributed by atoms with Crippen molar-refractivity contribution in [1.82, 2.24) is 0 Å². The normalized spacial score (nSPS) is 10.1. The van der Waals surface area contributed by atoms with Crippen LogP contribution in [0.3, 0.4) is 0 Å². The van der Waals surface area contributed by atoms with Gasteiger partial charge in [-0.2, -0.15) is 0 Å². The molecule has 40 valence electrons. The molecule has 0 rings (SSSR count). The Kier molecular flexibility index (Phi) is 3.69. The average molecular weight is 101 g/mol. The molecule has 0 atom stereocenters. The molecule has 4 heteroatoms. The Morgan fingerprint density at radius 2 is 2.14 bits per heavy atom. The van der Waals surface area contributed by atoms with E-state index in [4.69, 9.17) is 15.8 Å². The van der Waals surface area contributed by atoms with Gasteiger partial charge < -0.3 is 15.8 Å². The summed E-state index contributed by atoms with van der Waals surface area (Å²) in [5.41, 5.74) is 4.97. The maximum Gasteiger partial charge on any atom is 0.480 e. The summed E-state index contributed by atoms with van der Waals surface area (Å²) >= 11 is 0. The van der Waals surface area contributed by atoms with Gasteiger partial charge in [-0.3, -0.25) is 0 Å². The molecule has 0 spiro atoms. The first-order chi connectivity index (χ1) is 3.27. The van der Waals surface area contributed by atoms with E-state index in [2.05, 4.69) is 0 Å². The minimum absolute atomic E-state index is 0.345. The first kappa shape index (κ1) is 6.68. The standard InChI is InChI=1S/C3H8BNO2/c5-3-1-2-4(6)7/h1-2,6-7H,3,5H2/b2-1+. The lowest BCUT2D eigenvalue weighted by Crippen LogP contribution is -2.07. The zero-order valence-corrected chi connectivity index (χ0v) is 3.91. The fraction of sp³-hybridized carbons (Fsp3) is 0.333. The number of hydrogen-bond acceptors (Lipinski definition) is 3. The fourth-order valence-corrected chi connectivity index (χ4v) is 0.200. The second kappa shape index (κ2) is 3.86. The molecule has 7 heavy (non-hydrogen) atoms. The zero-order valence-electron chi connectivity index (χ0n) is 3.91. The van der Waals surface area contributed by atoms with E-state index in [0.29, 0.717) is 6.54 Å². The summed E-state index contributed by atoms with van der Waals surface area (Å²) in [4.78, 5) is 0. The molecule has 0 saturated carbocycles. The zero-order chi connectivity index (χ0) is 5.70. The Morgan fingerprint density at radius 3 is 2.29 bits per heavy atom. The maximum absolute atomic E-state index is 8.10. The van der Waals surface area contributed by atoms with Gasteiger partial charge >= 0.3 is 7.12 Å². The molecular formula is C3H8BNO2. The number of nitrogens with two attached hydrogens (primary N) is 1. The molecule has 4 N–H and O–H groups in total. The molecule has 0 bridgehead atoms. The molecule has 0 aliphatic rings. The molecule has 0 heterocycles. The van der Waals surface area contributed by atoms with Gasteiger partial charge in [-0.25, -0.2) is 0 Å². The van der Waals surface area contributed by atoms with Gasteiger partial charge in [-0.1, -0.05) is 12.1 Å². The van der Waals surface area contributed by atoms with Crippen molar-refractivity contribution in [1.29, 1.82) is 0 Å². The van der Waals surface area contributed by atoms with Crippen LogP contribution < -0.4 is 5.73 Å². The van der Waals surface area contributed by atoms with Crippen LogP contribution in [0.5, 0.6) is 0 Å². The lowest BCUT2D eigenvalue weighted by molar-refractivity contribution is 0.424. The van der Waals surface area contributed by atoms with E-state index >= 15 is 0 Å². The molecule has 3 nitrogen and oxygen atoms in total. The lowest BCUT2D eigenvalue weighted by Gasteiger charge is -1.81. The Balaban J connectivity index is 3.08. The van der Waals surface area contributed by atoms with Crippen LogP contribution in [0.25, 0.3) is 0 Å². The largest absolute Gasteiger partial charge is 0.480 e. The Bertz CT molecular complexity index is 64.0. The summed E-state index contributed by atoms with van der Waals surface area (Å²) in [6, 6.07) is 0. The highest BCUT2D eigenvalue weighted by atomic mass is 16.4. The SMILES string of the molecule is NC/C=C/B(O)O. The minimum atomic E-state index is -1.36. The van der Waals surface area contributed by atoms with Crippen molar-refractivity contribution in [3.8, 4) is 0 Å². The first-order valence-corrected chi connectivity index (χ1v) is 2.00. The predicted octanol–water partition coefficient (Wildman–Crippen LogP) is -1.49. The van der Waals surface area contributed by atoms with Crippen molar-refractivity contribution in [3.63, 3.8) is 0 Å². The molecular weight excluding hydrogens is 92.8 g/mol. The van der Waals surface area contributed by atoms with Crippen LogP contribution >= 0.6 is 0 Å². The summed E-state index contributed by atoms with van der Waals surface area (Å²) in [6.07, 6.45) is 1.48. The van der Waals surface area contributed by atoms with E-state index < -0.39 is 7.12 Å². The van der Waals surface area contributed by atoms with Crippen LogP contribution in [0.1, 0.15) is 0 Å². The van der Waals surface area contributed by atoms with Gasteiger partial charge in [0.25, 0.3) is 0 Å². The predicted molar refractivity (Wildman–Crippen MR) is 28.4 cm³/mol. The minimum Gasteiger partial charge on any atom is -0.424 e. The maximum atomic E-state index is 8.10. The second-order valence-electron chi connectivity index (χ2n) is 1.08. The van der Waals surface area contributed by atoms with E-state index in [-0.39, 0.29) is 0 Å². The van der Waals surface area contributed by atoms with Crippen LogP contribution in [-0.2, 0) is 0 Å². The summed E-state index contributed by atoms with van der Waals surface area (Å²) in [7, 11) is -1.36. The molecule has 0 aromatic heterocycles. The summed E-state index contributed by atoms with van der Waals surface area (Å²) in [5, 5.41) is 16.2. The molecule has 0 aromatic rings. The van der Waals surface area contributed by atoms with E-state index in [1.54, 1.807) is 0 Å². The van der Waals surface area contributed by atoms with Gasteiger partial charge in [0.1, 0.15) is 0 Å². The smallest absolute Gasteiger partial charge is 0.424 e. The molecule has 0 fully saturated rings. The summed E-state index contributed by atoms with van der Waals surface area (Å²) in [5.74, 6) is 1.21. The third-order valence-corrected chi connectivity index (χ3v) is 0.444. The van der Waals surface area contributed by atoms with Gasteiger partial charge in [0.05, 0.1) is 0 Å². The van der Waals surface area contributed by atoms with Crippen molar-refractivity contribution in [2.24, 2.45) is 5.73 Å². The molecule has 0 amide bonds. The fourth-order valence-electron chi connectivity index (χ4n) is 0.200. The quantitative estimate of drug-likeness (QED) is 0.371. The Hall–Kier alpha value is -0.315. The monoisotopic (exact) mass is 101 g/mol. The van der Waals surface area contributed by atoms with Crippen molar-refractivity contribution in [2.75, 3.05) is 6.54 Å². The van der Waals surface area contributed by atoms with Crippen molar-refractivity contribution < 1.29 is 10.0 Å². The second-order valence-corrected chi connectivity index (χ2v) is 1.08. The van der Waals surface area contributed by atoms with E-state index in [1.165, 1.54) is 12.1 Å². The van der Waals surface area contributed by atoms with Crippen molar-refractivity contribution >= 4 is 7.12 Å². The van der Waals surface area contributed by atoms with E-state index in [0.717, 1.165) is 0 Å². The van der Waals surface area contributed by atoms with E-state index in [9.17, 15) is 0 Å². The molecule has 0 radical (unpaired) electrons. The lowest BCUT2D eigenvalue weighted by atomic mass is 9.92. The molecule has 0 aromatic carbocycles. The van der Waals surface area contributed by atoms with E-state index in [1.807, 2.05) is 0 Å². The Labute approximate surface area is 42.6 Å². The van der Waals surface area contributed by atoms with Gasteiger partial charge in [-0.05, 0) is 0 Å². The van der Waals surface area contributed by atoms with Crippen LogP contribution in [-0.4, -0.2) is 23.7 Å². The molecule has 0 saturated heterocycles. The highest BCUT2D eigenvalue weighted by molar-refractivity contribution is 6.47. The first-order valence-electron chi connectivity index (χ1n) is 2.00. The van der Waals surface area contributed by atoms with Crippen LogP contribution in [0.15, 0.2) is 12.1 Å². The highest BCUT2D eigenvalue weighted by Crippen LogP contribution is 1.69. The topological polar surface area (TPSA) is 66.5 Å². The highest BCUT2D eigenvalue weighted by Gasteiger charge is 1.94. The summed E-state index contributed by atoms with van der Waals surface area (Å²) < 4.78 is 0. The van der Waals surface area contributed by atoms with Gasteiger partial charge in [0.2, 0.25) is 0 Å². The van der Waals surface area contributed by atoms with Gasteiger partial charge in [-0.15, -0.1) is 0 Å². The Morgan fingerprint density at radius 1 is 1.57 bits per heavy atom. The molecule has 0 unspecified atom stereocenters. The number of hydrogen-bond donors (Lipinski definition) is 3. The van der Waals surface area contributed by atoms with Crippen molar-refractivity contribution in [3.05, 3.63) is 12.1 Å². The van der Waals surface area contributed by atoms with Crippen LogP contribution in [0, 0.1) is 0 Å². The average Bonchev–Trinajstić information content (AvgIpc) is 1.61. The van der Waals surface area contributed by atoms with Crippen molar-refractivity contribution in [2.45, 2.75) is 0 Å². The van der Waals surface area contributed by atoms with Crippen LogP contribution in [0.4, 0.5) is 0 Å². The summed E-state index contributed by atoms with van der Waals surface area (Å²) in [6.45, 7) is 0.345. The molecule has 0 aliphatic carbocycles. The third kappa shape index (κ3) is 5.68.